The van der Waals surface area contributed by atoms with E-state index in [1.54, 1.807) is 12.4 Å². The highest BCUT2D eigenvalue weighted by Gasteiger charge is 2.30. The second kappa shape index (κ2) is 8.39. The highest BCUT2D eigenvalue weighted by molar-refractivity contribution is 5.66. The van der Waals surface area contributed by atoms with Gasteiger partial charge in [-0.05, 0) is 48.7 Å². The molecule has 3 aromatic rings. The molecule has 1 atom stereocenters. The van der Waals surface area contributed by atoms with Gasteiger partial charge in [0.15, 0.2) is 0 Å². The Bertz CT molecular complexity index is 990. The fraction of sp³-hybridized carbons (Fsp3) is 0.318. The van der Waals surface area contributed by atoms with Crippen LogP contribution in [0, 0.1) is 0 Å². The fourth-order valence-corrected chi connectivity index (χ4v) is 3.95. The lowest BCUT2D eigenvalue weighted by atomic mass is 9.89. The molecule has 30 heavy (non-hydrogen) atoms. The number of hydrogen-bond donors (Lipinski definition) is 1. The minimum atomic E-state index is -4.37. The van der Waals surface area contributed by atoms with Crippen molar-refractivity contribution >= 4 is 5.95 Å². The van der Waals surface area contributed by atoms with Gasteiger partial charge in [0.1, 0.15) is 0 Å². The van der Waals surface area contributed by atoms with E-state index < -0.39 is 11.7 Å². The summed E-state index contributed by atoms with van der Waals surface area (Å²) in [4.78, 5) is 15.1. The number of nitrogens with zero attached hydrogens (tertiary/aromatic N) is 4. The van der Waals surface area contributed by atoms with Crippen LogP contribution in [0.15, 0.2) is 55.0 Å². The van der Waals surface area contributed by atoms with Gasteiger partial charge in [-0.25, -0.2) is 9.97 Å². The van der Waals surface area contributed by atoms with Crippen molar-refractivity contribution in [2.75, 3.05) is 18.8 Å². The first kappa shape index (κ1) is 20.3. The monoisotopic (exact) mass is 413 g/mol. The van der Waals surface area contributed by atoms with Crippen LogP contribution in [0.25, 0.3) is 11.1 Å². The molecule has 0 bridgehead atoms. The Labute approximate surface area is 172 Å². The van der Waals surface area contributed by atoms with Gasteiger partial charge in [-0.2, -0.15) is 13.2 Å². The maximum atomic E-state index is 12.9. The molecule has 0 spiro atoms. The van der Waals surface area contributed by atoms with Crippen LogP contribution in [0.2, 0.25) is 0 Å². The number of likely N-dealkylation sites (tertiary alicyclic amines) is 1. The van der Waals surface area contributed by atoms with Gasteiger partial charge in [0.25, 0.3) is 0 Å². The summed E-state index contributed by atoms with van der Waals surface area (Å²) in [5.41, 5.74) is 8.50. The molecule has 156 valence electrons. The van der Waals surface area contributed by atoms with Crippen LogP contribution in [-0.2, 0) is 12.7 Å². The van der Waals surface area contributed by atoms with E-state index >= 15 is 0 Å². The van der Waals surface area contributed by atoms with Crippen molar-refractivity contribution in [1.29, 1.82) is 0 Å². The molecule has 0 amide bonds. The number of alkyl halides is 3. The lowest BCUT2D eigenvalue weighted by molar-refractivity contribution is -0.137. The van der Waals surface area contributed by atoms with Crippen LogP contribution in [0.4, 0.5) is 19.1 Å². The maximum Gasteiger partial charge on any atom is 0.416 e. The number of piperidine rings is 1. The van der Waals surface area contributed by atoms with Crippen molar-refractivity contribution in [2.45, 2.75) is 31.5 Å². The Hall–Kier alpha value is -3.00. The van der Waals surface area contributed by atoms with Crippen molar-refractivity contribution in [3.63, 3.8) is 0 Å². The first-order valence-corrected chi connectivity index (χ1v) is 9.81. The zero-order valence-corrected chi connectivity index (χ0v) is 16.3. The summed E-state index contributed by atoms with van der Waals surface area (Å²) >= 11 is 0. The standard InChI is InChI=1S/C22H22F3N5/c23-22(24,25)18-7-5-16(6-8-18)19-12-28-21(26)29-20(19)17-4-2-10-30(14-17)13-15-3-1-9-27-11-15/h1,3,5-9,11-12,17H,2,4,10,13-14H2,(H2,26,28,29)/t17-/m1/s1. The third-order valence-corrected chi connectivity index (χ3v) is 5.38. The van der Waals surface area contributed by atoms with E-state index in [2.05, 4.69) is 19.9 Å². The first-order valence-electron chi connectivity index (χ1n) is 9.81. The molecule has 1 saturated heterocycles. The van der Waals surface area contributed by atoms with E-state index in [-0.39, 0.29) is 11.9 Å². The van der Waals surface area contributed by atoms with Gasteiger partial charge < -0.3 is 5.73 Å². The van der Waals surface area contributed by atoms with Gasteiger partial charge in [-0.3, -0.25) is 9.88 Å². The molecule has 0 radical (unpaired) electrons. The number of rotatable bonds is 4. The average molecular weight is 413 g/mol. The van der Waals surface area contributed by atoms with Crippen LogP contribution in [-0.4, -0.2) is 32.9 Å². The molecule has 5 nitrogen and oxygen atoms in total. The summed E-state index contributed by atoms with van der Waals surface area (Å²) < 4.78 is 38.7. The van der Waals surface area contributed by atoms with E-state index in [0.29, 0.717) is 5.56 Å². The molecule has 0 saturated carbocycles. The highest BCUT2D eigenvalue weighted by atomic mass is 19.4. The Morgan fingerprint density at radius 2 is 1.90 bits per heavy atom. The Morgan fingerprint density at radius 1 is 1.10 bits per heavy atom. The topological polar surface area (TPSA) is 67.9 Å². The summed E-state index contributed by atoms with van der Waals surface area (Å²) in [6.07, 6.45) is 2.80. The molecule has 8 heteroatoms. The second-order valence-corrected chi connectivity index (χ2v) is 7.54. The van der Waals surface area contributed by atoms with Gasteiger partial charge in [0, 0.05) is 43.2 Å². The Kier molecular flexibility index (Phi) is 5.67. The summed E-state index contributed by atoms with van der Waals surface area (Å²) in [6, 6.07) is 9.09. The van der Waals surface area contributed by atoms with E-state index in [4.69, 9.17) is 5.73 Å². The van der Waals surface area contributed by atoms with Crippen molar-refractivity contribution in [3.8, 4) is 11.1 Å². The molecule has 2 N–H and O–H groups in total. The van der Waals surface area contributed by atoms with Gasteiger partial charge in [-0.15, -0.1) is 0 Å². The molecule has 1 aliphatic rings. The molecule has 4 rings (SSSR count). The Morgan fingerprint density at radius 3 is 2.60 bits per heavy atom. The number of halogens is 3. The fourth-order valence-electron chi connectivity index (χ4n) is 3.95. The second-order valence-electron chi connectivity index (χ2n) is 7.54. The van der Waals surface area contributed by atoms with Gasteiger partial charge in [0.2, 0.25) is 5.95 Å². The van der Waals surface area contributed by atoms with Crippen LogP contribution in [0.3, 0.4) is 0 Å². The third-order valence-electron chi connectivity index (χ3n) is 5.38. The molecule has 1 aliphatic heterocycles. The summed E-state index contributed by atoms with van der Waals surface area (Å²) in [5.74, 6) is 0.294. The lowest BCUT2D eigenvalue weighted by Crippen LogP contribution is -2.34. The van der Waals surface area contributed by atoms with Crippen LogP contribution >= 0.6 is 0 Å². The first-order chi connectivity index (χ1) is 14.4. The smallest absolute Gasteiger partial charge is 0.368 e. The lowest BCUT2D eigenvalue weighted by Gasteiger charge is -2.33. The number of pyridine rings is 1. The number of nitrogen functional groups attached to an aromatic ring is 1. The Balaban J connectivity index is 1.60. The number of benzene rings is 1. The van der Waals surface area contributed by atoms with Crippen molar-refractivity contribution in [3.05, 3.63) is 71.8 Å². The average Bonchev–Trinajstić information content (AvgIpc) is 2.74. The quantitative estimate of drug-likeness (QED) is 0.681. The summed E-state index contributed by atoms with van der Waals surface area (Å²) in [6.45, 7) is 2.56. The molecule has 1 aromatic carbocycles. The highest BCUT2D eigenvalue weighted by Crippen LogP contribution is 2.35. The van der Waals surface area contributed by atoms with Crippen molar-refractivity contribution in [2.24, 2.45) is 0 Å². The predicted molar refractivity (Wildman–Crippen MR) is 108 cm³/mol. The van der Waals surface area contributed by atoms with Gasteiger partial charge in [-0.1, -0.05) is 18.2 Å². The minimum absolute atomic E-state index is 0.123. The molecular formula is C22H22F3N5. The zero-order valence-electron chi connectivity index (χ0n) is 16.3. The molecule has 2 aromatic heterocycles. The van der Waals surface area contributed by atoms with E-state index in [9.17, 15) is 13.2 Å². The van der Waals surface area contributed by atoms with Crippen LogP contribution in [0.5, 0.6) is 0 Å². The minimum Gasteiger partial charge on any atom is -0.368 e. The maximum absolute atomic E-state index is 12.9. The molecule has 0 unspecified atom stereocenters. The molecule has 0 aliphatic carbocycles. The van der Waals surface area contributed by atoms with Crippen LogP contribution in [0.1, 0.15) is 35.6 Å². The van der Waals surface area contributed by atoms with E-state index in [0.717, 1.165) is 61.4 Å². The molecular weight excluding hydrogens is 391 g/mol. The van der Waals surface area contributed by atoms with Gasteiger partial charge >= 0.3 is 6.18 Å². The number of aromatic nitrogens is 3. The van der Waals surface area contributed by atoms with E-state index in [1.165, 1.54) is 12.1 Å². The number of nitrogens with two attached hydrogens (primary N) is 1. The number of hydrogen-bond acceptors (Lipinski definition) is 5. The van der Waals surface area contributed by atoms with E-state index in [1.807, 2.05) is 18.3 Å². The number of anilines is 1. The molecule has 3 heterocycles. The van der Waals surface area contributed by atoms with Crippen LogP contribution < -0.4 is 5.73 Å². The third kappa shape index (κ3) is 4.59. The van der Waals surface area contributed by atoms with Crippen molar-refractivity contribution in [1.82, 2.24) is 19.9 Å². The summed E-state index contributed by atoms with van der Waals surface area (Å²) in [7, 11) is 0. The summed E-state index contributed by atoms with van der Waals surface area (Å²) in [5, 5.41) is 0. The normalized spacial score (nSPS) is 17.8. The zero-order chi connectivity index (χ0) is 21.1. The SMILES string of the molecule is Nc1ncc(-c2ccc(C(F)(F)F)cc2)c([C@@H]2CCCN(Cc3cccnc3)C2)n1. The predicted octanol–water partition coefficient (Wildman–Crippen LogP) is 4.52. The largest absolute Gasteiger partial charge is 0.416 e. The van der Waals surface area contributed by atoms with Crippen molar-refractivity contribution < 1.29 is 13.2 Å². The van der Waals surface area contributed by atoms with Gasteiger partial charge in [0.05, 0.1) is 11.3 Å². The molecule has 1 fully saturated rings.